The highest BCUT2D eigenvalue weighted by Crippen LogP contribution is 1.91. The summed E-state index contributed by atoms with van der Waals surface area (Å²) in [5.41, 5.74) is 0. The monoisotopic (exact) mass is 147 g/mol. The maximum absolute atomic E-state index is 3.64. The third-order valence-corrected chi connectivity index (χ3v) is 0.840. The second kappa shape index (κ2) is 5.54. The van der Waals surface area contributed by atoms with Crippen molar-refractivity contribution >= 4 is 31.7 Å². The molecular weight excluding hydrogens is 136 g/mol. The van der Waals surface area contributed by atoms with Crippen molar-refractivity contribution in [3.63, 3.8) is 0 Å². The minimum Gasteiger partial charge on any atom is -0.220 e. The fourth-order valence-corrected chi connectivity index (χ4v) is 0.415. The standard InChI is InChI=1S/C6H11N2.ClH/c1-5(2)6(7-3)8-4;/h5H,3-4H2,1-2H3;1H/q+1;. The first-order valence-electron chi connectivity index (χ1n) is 2.52. The van der Waals surface area contributed by atoms with E-state index in [2.05, 4.69) is 23.1 Å². The van der Waals surface area contributed by atoms with E-state index in [1.54, 1.807) is 0 Å². The lowest BCUT2D eigenvalue weighted by Gasteiger charge is -1.85. The van der Waals surface area contributed by atoms with Gasteiger partial charge in [-0.1, -0.05) is 0 Å². The fourth-order valence-electron chi connectivity index (χ4n) is 0.415. The Balaban J connectivity index is 0. The molecule has 0 saturated carbocycles. The summed E-state index contributed by atoms with van der Waals surface area (Å²) in [6.45, 7) is 10.7. The first-order chi connectivity index (χ1) is 3.72. The highest BCUT2D eigenvalue weighted by atomic mass is 35.5. The van der Waals surface area contributed by atoms with Gasteiger partial charge in [-0.25, -0.2) is 4.67 Å². The van der Waals surface area contributed by atoms with Crippen LogP contribution in [0.5, 0.6) is 0 Å². The third kappa shape index (κ3) is 3.95. The van der Waals surface area contributed by atoms with Gasteiger partial charge in [0.25, 0.3) is 0 Å². The Morgan fingerprint density at radius 3 is 2.00 bits per heavy atom. The van der Waals surface area contributed by atoms with Gasteiger partial charge in [0.1, 0.15) is 6.72 Å². The van der Waals surface area contributed by atoms with E-state index >= 15 is 0 Å². The number of hydrogen-bond donors (Lipinski definition) is 0. The molecule has 0 aromatic heterocycles. The zero-order valence-corrected chi connectivity index (χ0v) is 6.61. The van der Waals surface area contributed by atoms with Gasteiger partial charge < -0.3 is 0 Å². The van der Waals surface area contributed by atoms with Gasteiger partial charge >= 0.3 is 5.84 Å². The van der Waals surface area contributed by atoms with Crippen LogP contribution in [0.4, 0.5) is 0 Å². The van der Waals surface area contributed by atoms with Gasteiger partial charge in [0.05, 0.1) is 5.92 Å². The Hall–Kier alpha value is -0.590. The zero-order valence-electron chi connectivity index (χ0n) is 5.79. The largest absolute Gasteiger partial charge is 0.390 e. The van der Waals surface area contributed by atoms with E-state index < -0.39 is 0 Å². The van der Waals surface area contributed by atoms with E-state index in [-0.39, 0.29) is 12.4 Å². The fraction of sp³-hybridized carbons (Fsp3) is 0.500. The molecule has 0 aliphatic heterocycles. The summed E-state index contributed by atoms with van der Waals surface area (Å²) in [5.74, 6) is 1.05. The van der Waals surface area contributed by atoms with Crippen LogP contribution in [0, 0.1) is 5.92 Å². The molecule has 2 nitrogen and oxygen atoms in total. The molecule has 0 aliphatic rings. The molecule has 0 aromatic rings. The topological polar surface area (TPSA) is 26.5 Å². The molecule has 0 aliphatic carbocycles. The molecule has 0 atom stereocenters. The zero-order chi connectivity index (χ0) is 6.57. The molecule has 0 N–H and O–H groups in total. The summed E-state index contributed by atoms with van der Waals surface area (Å²) in [4.78, 5) is 3.64. The van der Waals surface area contributed by atoms with E-state index in [0.29, 0.717) is 11.8 Å². The van der Waals surface area contributed by atoms with Crippen molar-refractivity contribution in [2.24, 2.45) is 10.9 Å². The van der Waals surface area contributed by atoms with Gasteiger partial charge in [0.15, 0.2) is 6.72 Å². The van der Waals surface area contributed by atoms with Gasteiger partial charge in [-0.2, -0.15) is 0 Å². The lowest BCUT2D eigenvalue weighted by Crippen LogP contribution is -2.05. The summed E-state index contributed by atoms with van der Waals surface area (Å²) in [6, 6.07) is 0. The summed E-state index contributed by atoms with van der Waals surface area (Å²) < 4.78 is 3.64. The second-order valence-electron chi connectivity index (χ2n) is 1.83. The van der Waals surface area contributed by atoms with Gasteiger partial charge in [-0.05, 0) is 18.8 Å². The average molecular weight is 148 g/mol. The van der Waals surface area contributed by atoms with Crippen LogP contribution >= 0.6 is 12.4 Å². The van der Waals surface area contributed by atoms with Crippen LogP contribution < -0.4 is 4.67 Å². The lowest BCUT2D eigenvalue weighted by molar-refractivity contribution is 0.874. The van der Waals surface area contributed by atoms with Crippen LogP contribution in [-0.2, 0) is 0 Å². The number of nitrogens with zero attached hydrogens (tertiary/aromatic N) is 2. The SMILES string of the molecule is C=NC(=[N+]=C)C(C)C.Cl. The molecule has 0 fully saturated rings. The van der Waals surface area contributed by atoms with Crippen LogP contribution in [0.1, 0.15) is 13.8 Å². The summed E-state index contributed by atoms with van der Waals surface area (Å²) in [7, 11) is 0. The smallest absolute Gasteiger partial charge is 0.220 e. The number of hydrogen-bond acceptors (Lipinski definition) is 0. The van der Waals surface area contributed by atoms with Crippen LogP contribution in [0.25, 0.3) is 0 Å². The van der Waals surface area contributed by atoms with Crippen molar-refractivity contribution in [1.82, 2.24) is 4.67 Å². The molecule has 0 spiro atoms. The minimum absolute atomic E-state index is 0. The van der Waals surface area contributed by atoms with Crippen molar-refractivity contribution in [3.05, 3.63) is 0 Å². The van der Waals surface area contributed by atoms with Crippen LogP contribution in [0.2, 0.25) is 0 Å². The molecule has 0 radical (unpaired) electrons. The maximum atomic E-state index is 3.64. The number of rotatable bonds is 1. The third-order valence-electron chi connectivity index (χ3n) is 0.840. The van der Waals surface area contributed by atoms with Crippen LogP contribution in [-0.4, -0.2) is 19.3 Å². The Labute approximate surface area is 61.9 Å². The summed E-state index contributed by atoms with van der Waals surface area (Å²) >= 11 is 0. The van der Waals surface area contributed by atoms with E-state index in [0.717, 1.165) is 0 Å². The molecule has 0 rings (SSSR count). The predicted molar refractivity (Wildman–Crippen MR) is 45.9 cm³/mol. The van der Waals surface area contributed by atoms with Gasteiger partial charge in [-0.3, -0.25) is 0 Å². The summed E-state index contributed by atoms with van der Waals surface area (Å²) in [5, 5.41) is 0. The maximum Gasteiger partial charge on any atom is 0.390 e. The first kappa shape index (κ1) is 11.2. The molecule has 0 amide bonds. The second-order valence-corrected chi connectivity index (χ2v) is 1.83. The van der Waals surface area contributed by atoms with E-state index in [9.17, 15) is 0 Å². The molecule has 0 heterocycles. The van der Waals surface area contributed by atoms with E-state index in [1.807, 2.05) is 13.8 Å². The lowest BCUT2D eigenvalue weighted by atomic mass is 10.2. The van der Waals surface area contributed by atoms with Gasteiger partial charge in [0.2, 0.25) is 0 Å². The highest BCUT2D eigenvalue weighted by molar-refractivity contribution is 5.87. The molecular formula is C6H12ClN2+. The molecule has 0 aromatic carbocycles. The molecule has 3 heteroatoms. The first-order valence-corrected chi connectivity index (χ1v) is 2.52. The molecule has 9 heavy (non-hydrogen) atoms. The Bertz CT molecular complexity index is 134. The van der Waals surface area contributed by atoms with Crippen molar-refractivity contribution < 1.29 is 0 Å². The Morgan fingerprint density at radius 1 is 1.56 bits per heavy atom. The molecule has 0 bridgehead atoms. The number of aliphatic imine (C=N–C) groups is 1. The van der Waals surface area contributed by atoms with Crippen molar-refractivity contribution in [3.8, 4) is 0 Å². The van der Waals surface area contributed by atoms with Crippen molar-refractivity contribution in [2.75, 3.05) is 0 Å². The van der Waals surface area contributed by atoms with Gasteiger partial charge in [-0.15, -0.1) is 12.4 Å². The van der Waals surface area contributed by atoms with Crippen molar-refractivity contribution in [1.29, 1.82) is 0 Å². The Morgan fingerprint density at radius 2 is 2.00 bits per heavy atom. The number of halogens is 1. The predicted octanol–water partition coefficient (Wildman–Crippen LogP) is 0.931. The normalized spacial score (nSPS) is 7.44. The Kier molecular flexibility index (Phi) is 6.92. The highest BCUT2D eigenvalue weighted by Gasteiger charge is 2.09. The molecule has 52 valence electrons. The molecule has 0 saturated heterocycles. The van der Waals surface area contributed by atoms with Crippen molar-refractivity contribution in [2.45, 2.75) is 13.8 Å². The quantitative estimate of drug-likeness (QED) is 0.300. The molecule has 0 unspecified atom stereocenters. The average Bonchev–Trinajstić information content (AvgIpc) is 1.69. The van der Waals surface area contributed by atoms with Crippen LogP contribution in [0.3, 0.4) is 0 Å². The van der Waals surface area contributed by atoms with Crippen LogP contribution in [0.15, 0.2) is 4.99 Å². The van der Waals surface area contributed by atoms with E-state index in [1.165, 1.54) is 0 Å². The summed E-state index contributed by atoms with van der Waals surface area (Å²) in [6.07, 6.45) is 0. The van der Waals surface area contributed by atoms with E-state index in [4.69, 9.17) is 0 Å². The number of amidine groups is 1. The minimum atomic E-state index is 0. The van der Waals surface area contributed by atoms with Gasteiger partial charge in [0, 0.05) is 0 Å².